The van der Waals surface area contributed by atoms with Crippen LogP contribution < -0.4 is 5.32 Å². The van der Waals surface area contributed by atoms with E-state index in [9.17, 15) is 13.0 Å². The van der Waals surface area contributed by atoms with Gasteiger partial charge in [-0.3, -0.25) is 0 Å². The van der Waals surface area contributed by atoms with E-state index in [2.05, 4.69) is 19.2 Å². The third kappa shape index (κ3) is 7.25. The van der Waals surface area contributed by atoms with E-state index >= 15 is 0 Å². The van der Waals surface area contributed by atoms with E-state index < -0.39 is 15.6 Å². The quantitative estimate of drug-likeness (QED) is 0.464. The fraction of sp³-hybridized carbons (Fsp3) is 1.00. The van der Waals surface area contributed by atoms with Crippen LogP contribution in [0.25, 0.3) is 0 Å². The molecule has 0 fully saturated rings. The van der Waals surface area contributed by atoms with Crippen LogP contribution in [0.3, 0.4) is 0 Å². The van der Waals surface area contributed by atoms with Crippen LogP contribution in [0.5, 0.6) is 0 Å². The third-order valence-electron chi connectivity index (χ3n) is 1.80. The van der Waals surface area contributed by atoms with Crippen molar-refractivity contribution in [2.45, 2.75) is 32.1 Å². The van der Waals surface area contributed by atoms with Crippen molar-refractivity contribution in [3.63, 3.8) is 0 Å². The summed E-state index contributed by atoms with van der Waals surface area (Å²) >= 11 is 0. The first-order valence-corrected chi connectivity index (χ1v) is 6.14. The average Bonchev–Trinajstić information content (AvgIpc) is 2.01. The molecule has 0 aromatic carbocycles. The lowest BCUT2D eigenvalue weighted by atomic mass is 10.1. The highest BCUT2D eigenvalue weighted by Crippen LogP contribution is 1.99. The maximum absolute atomic E-state index is 10.3. The van der Waals surface area contributed by atoms with Gasteiger partial charge in [-0.2, -0.15) is 0 Å². The normalized spacial score (nSPS) is 14.6. The van der Waals surface area contributed by atoms with Gasteiger partial charge in [-0.1, -0.05) is 13.8 Å². The molecule has 1 atom stereocenters. The van der Waals surface area contributed by atoms with Crippen molar-refractivity contribution in [3.8, 4) is 0 Å². The molecule has 0 heterocycles. The lowest BCUT2D eigenvalue weighted by Crippen LogP contribution is -2.27. The van der Waals surface area contributed by atoms with E-state index in [-0.39, 0.29) is 6.42 Å². The Morgan fingerprint density at radius 2 is 1.79 bits per heavy atom. The summed E-state index contributed by atoms with van der Waals surface area (Å²) in [6.07, 6.45) is 0.935. The van der Waals surface area contributed by atoms with Gasteiger partial charge in [0, 0.05) is 0 Å². The molecule has 0 aliphatic heterocycles. The van der Waals surface area contributed by atoms with E-state index in [4.69, 9.17) is 5.11 Å². The number of hydrogen-bond donors (Lipinski definition) is 2. The zero-order valence-corrected chi connectivity index (χ0v) is 9.38. The van der Waals surface area contributed by atoms with Crippen molar-refractivity contribution < 1.29 is 18.1 Å². The summed E-state index contributed by atoms with van der Waals surface area (Å²) in [7, 11) is -4.54. The van der Waals surface area contributed by atoms with Crippen molar-refractivity contribution in [2.24, 2.45) is 5.92 Å². The Morgan fingerprint density at radius 3 is 2.21 bits per heavy atom. The van der Waals surface area contributed by atoms with Gasteiger partial charge < -0.3 is 15.0 Å². The van der Waals surface area contributed by atoms with Crippen molar-refractivity contribution in [1.29, 1.82) is 0 Å². The number of hydrogen-bond acceptors (Lipinski definition) is 5. The first-order valence-electron chi connectivity index (χ1n) is 4.67. The molecule has 0 radical (unpaired) electrons. The molecule has 0 aliphatic carbocycles. The minimum atomic E-state index is -4.54. The van der Waals surface area contributed by atoms with Gasteiger partial charge in [-0.15, -0.1) is 0 Å². The molecule has 0 aliphatic rings. The summed E-state index contributed by atoms with van der Waals surface area (Å²) in [6.45, 7) is 5.27. The van der Waals surface area contributed by atoms with Gasteiger partial charge in [0.25, 0.3) is 0 Å². The van der Waals surface area contributed by atoms with Crippen molar-refractivity contribution in [3.05, 3.63) is 0 Å². The van der Waals surface area contributed by atoms with Gasteiger partial charge in [-0.05, 0) is 31.8 Å². The van der Waals surface area contributed by atoms with Crippen LogP contribution in [0, 0.1) is 5.92 Å². The van der Waals surface area contributed by atoms with E-state index in [1.54, 1.807) is 0 Å². The molecule has 0 aromatic heterocycles. The van der Waals surface area contributed by atoms with E-state index in [0.717, 1.165) is 13.0 Å². The van der Waals surface area contributed by atoms with E-state index in [1.165, 1.54) is 0 Å². The summed E-state index contributed by atoms with van der Waals surface area (Å²) in [5.74, 6) is 0.579. The molecule has 0 amide bonds. The predicted octanol–water partition coefficient (Wildman–Crippen LogP) is -0.124. The second kappa shape index (κ2) is 6.34. The largest absolute Gasteiger partial charge is 0.746 e. The third-order valence-corrected chi connectivity index (χ3v) is 2.70. The Kier molecular flexibility index (Phi) is 6.26. The number of rotatable bonds is 7. The molecule has 0 aromatic rings. The molecular formula is C8H18NO4S-. The van der Waals surface area contributed by atoms with E-state index in [1.807, 2.05) is 0 Å². The molecule has 1 unspecified atom stereocenters. The fourth-order valence-electron chi connectivity index (χ4n) is 0.886. The van der Waals surface area contributed by atoms with Gasteiger partial charge >= 0.3 is 0 Å². The minimum Gasteiger partial charge on any atom is -0.746 e. The Morgan fingerprint density at radius 1 is 1.29 bits per heavy atom. The molecule has 6 heteroatoms. The molecular weight excluding hydrogens is 206 g/mol. The topological polar surface area (TPSA) is 89.5 Å². The Bertz CT molecular complexity index is 238. The minimum absolute atomic E-state index is 0.0517. The van der Waals surface area contributed by atoms with Gasteiger partial charge in [0.2, 0.25) is 0 Å². The zero-order chi connectivity index (χ0) is 11.2. The van der Waals surface area contributed by atoms with Crippen molar-refractivity contribution >= 4 is 10.1 Å². The average molecular weight is 224 g/mol. The van der Waals surface area contributed by atoms with Crippen LogP contribution in [-0.4, -0.2) is 36.6 Å². The van der Waals surface area contributed by atoms with Gasteiger partial charge in [0.1, 0.15) is 15.6 Å². The molecule has 5 nitrogen and oxygen atoms in total. The van der Waals surface area contributed by atoms with Crippen LogP contribution >= 0.6 is 0 Å². The van der Waals surface area contributed by atoms with Gasteiger partial charge in [0.05, 0.1) is 0 Å². The maximum Gasteiger partial charge on any atom is 0.144 e. The standard InChI is InChI=1S/C8H19NO4S/c1-7(2)3-5-9-6-4-8(10)14(11,12)13/h7-10H,3-6H2,1-2H3,(H,11,12,13)/p-1. The Labute approximate surface area is 85.3 Å². The zero-order valence-electron chi connectivity index (χ0n) is 8.56. The summed E-state index contributed by atoms with van der Waals surface area (Å²) in [5.41, 5.74) is -1.78. The number of nitrogens with one attached hydrogen (secondary N) is 1. The van der Waals surface area contributed by atoms with Crippen LogP contribution in [0.1, 0.15) is 26.7 Å². The lowest BCUT2D eigenvalue weighted by molar-refractivity contribution is 0.220. The Hall–Kier alpha value is -0.170. The van der Waals surface area contributed by atoms with E-state index in [0.29, 0.717) is 12.5 Å². The second-order valence-corrected chi connectivity index (χ2v) is 5.20. The molecule has 14 heavy (non-hydrogen) atoms. The highest BCUT2D eigenvalue weighted by molar-refractivity contribution is 7.86. The second-order valence-electron chi connectivity index (χ2n) is 3.67. The maximum atomic E-state index is 10.3. The smallest absolute Gasteiger partial charge is 0.144 e. The highest BCUT2D eigenvalue weighted by atomic mass is 32.2. The van der Waals surface area contributed by atoms with Gasteiger partial charge in [-0.25, -0.2) is 8.42 Å². The number of aliphatic hydroxyl groups excluding tert-OH is 1. The summed E-state index contributed by atoms with van der Waals surface area (Å²) in [5, 5.41) is 11.8. The van der Waals surface area contributed by atoms with Crippen LogP contribution in [0.2, 0.25) is 0 Å². The van der Waals surface area contributed by atoms with Crippen LogP contribution in [0.15, 0.2) is 0 Å². The SMILES string of the molecule is CC(C)CCNCCC(O)S(=O)(=O)[O-]. The van der Waals surface area contributed by atoms with Crippen molar-refractivity contribution in [1.82, 2.24) is 5.32 Å². The molecule has 0 saturated heterocycles. The molecule has 0 rings (SSSR count). The highest BCUT2D eigenvalue weighted by Gasteiger charge is 2.10. The van der Waals surface area contributed by atoms with Crippen LogP contribution in [-0.2, 0) is 10.1 Å². The Balaban J connectivity index is 3.46. The van der Waals surface area contributed by atoms with Crippen LogP contribution in [0.4, 0.5) is 0 Å². The molecule has 0 saturated carbocycles. The first kappa shape index (κ1) is 13.8. The molecule has 0 bridgehead atoms. The van der Waals surface area contributed by atoms with Gasteiger partial charge in [0.15, 0.2) is 0 Å². The first-order chi connectivity index (χ1) is 6.34. The summed E-state index contributed by atoms with van der Waals surface area (Å²) < 4.78 is 30.8. The predicted molar refractivity (Wildman–Crippen MR) is 52.6 cm³/mol. The number of aliphatic hydroxyl groups is 1. The summed E-state index contributed by atoms with van der Waals surface area (Å²) in [4.78, 5) is 0. The monoisotopic (exact) mass is 224 g/mol. The molecule has 2 N–H and O–H groups in total. The lowest BCUT2D eigenvalue weighted by Gasteiger charge is -2.15. The van der Waals surface area contributed by atoms with Crippen molar-refractivity contribution in [2.75, 3.05) is 13.1 Å². The molecule has 86 valence electrons. The molecule has 0 spiro atoms. The fourth-order valence-corrected chi connectivity index (χ4v) is 1.29. The summed E-state index contributed by atoms with van der Waals surface area (Å²) in [6, 6.07) is 0.